The molecule has 1 aliphatic heterocycles. The molecular weight excluding hydrogens is 393 g/mol. The van der Waals surface area contributed by atoms with Crippen molar-refractivity contribution in [3.8, 4) is 5.75 Å². The maximum Gasteiger partial charge on any atom is 0.427 e. The molecule has 1 aliphatic carbocycles. The third-order valence-electron chi connectivity index (χ3n) is 4.65. The van der Waals surface area contributed by atoms with Gasteiger partial charge in [0.25, 0.3) is 0 Å². The Morgan fingerprint density at radius 2 is 1.97 bits per heavy atom. The molecule has 1 unspecified atom stereocenters. The molecule has 0 bridgehead atoms. The standard InChI is InChI=1S/C13H15F3N2O3.C6H10O2/c1-12(2,13(14,15)16)21-11(19)18-8-3-4-10-9(7-8)17-5-6-20-10;1-4(6(7)8)5-2-3-5/h3-4,7,17H,5-6H2,1-2H3,(H,18,19);4-5H,2-3H2,1H3,(H,7,8). The van der Waals surface area contributed by atoms with E-state index < -0.39 is 23.8 Å². The van der Waals surface area contributed by atoms with Crippen molar-refractivity contribution in [2.45, 2.75) is 45.4 Å². The Morgan fingerprint density at radius 3 is 2.48 bits per heavy atom. The maximum absolute atomic E-state index is 12.6. The normalized spacial score (nSPS) is 16.8. The van der Waals surface area contributed by atoms with E-state index >= 15 is 0 Å². The van der Waals surface area contributed by atoms with Crippen LogP contribution < -0.4 is 15.4 Å². The van der Waals surface area contributed by atoms with Gasteiger partial charge in [0.05, 0.1) is 11.6 Å². The number of hydrogen-bond acceptors (Lipinski definition) is 5. The summed E-state index contributed by atoms with van der Waals surface area (Å²) in [6, 6.07) is 4.70. The predicted molar refractivity (Wildman–Crippen MR) is 100 cm³/mol. The van der Waals surface area contributed by atoms with Crippen molar-refractivity contribution in [2.24, 2.45) is 11.8 Å². The van der Waals surface area contributed by atoms with E-state index in [0.29, 0.717) is 36.2 Å². The Labute approximate surface area is 166 Å². The highest BCUT2D eigenvalue weighted by Crippen LogP contribution is 2.36. The lowest BCUT2D eigenvalue weighted by atomic mass is 10.1. The highest BCUT2D eigenvalue weighted by Gasteiger charge is 2.51. The average molecular weight is 418 g/mol. The predicted octanol–water partition coefficient (Wildman–Crippen LogP) is 4.50. The first kappa shape index (κ1) is 22.6. The Bertz CT molecular complexity index is 748. The number of nitrogens with one attached hydrogen (secondary N) is 2. The summed E-state index contributed by atoms with van der Waals surface area (Å²) in [5.74, 6) is 0.366. The number of rotatable bonds is 4. The van der Waals surface area contributed by atoms with Gasteiger partial charge in [-0.25, -0.2) is 4.79 Å². The molecule has 1 aromatic rings. The highest BCUT2D eigenvalue weighted by molar-refractivity contribution is 5.86. The molecule has 3 rings (SSSR count). The van der Waals surface area contributed by atoms with Crippen LogP contribution in [-0.4, -0.2) is 42.1 Å². The molecule has 0 radical (unpaired) electrons. The zero-order valence-corrected chi connectivity index (χ0v) is 16.4. The number of alkyl halides is 3. The molecule has 0 spiro atoms. The number of carbonyl (C=O) groups excluding carboxylic acids is 1. The largest absolute Gasteiger partial charge is 0.490 e. The lowest BCUT2D eigenvalue weighted by Crippen LogP contribution is -2.44. The smallest absolute Gasteiger partial charge is 0.427 e. The Hall–Kier alpha value is -2.65. The number of anilines is 2. The number of carboxylic acids is 1. The first-order valence-electron chi connectivity index (χ1n) is 9.21. The van der Waals surface area contributed by atoms with E-state index in [2.05, 4.69) is 15.4 Å². The first-order chi connectivity index (χ1) is 13.4. The molecule has 7 nitrogen and oxygen atoms in total. The molecule has 1 fully saturated rings. The fraction of sp³-hybridized carbons (Fsp3) is 0.579. The van der Waals surface area contributed by atoms with Gasteiger partial charge in [0.2, 0.25) is 5.60 Å². The molecule has 2 aliphatic rings. The molecule has 1 atom stereocenters. The Morgan fingerprint density at radius 1 is 1.31 bits per heavy atom. The second-order valence-corrected chi connectivity index (χ2v) is 7.47. The van der Waals surface area contributed by atoms with E-state index in [1.165, 1.54) is 6.07 Å². The van der Waals surface area contributed by atoms with E-state index in [1.807, 2.05) is 0 Å². The van der Waals surface area contributed by atoms with E-state index in [1.54, 1.807) is 19.1 Å². The van der Waals surface area contributed by atoms with Crippen molar-refractivity contribution in [2.75, 3.05) is 23.8 Å². The van der Waals surface area contributed by atoms with Crippen molar-refractivity contribution >= 4 is 23.4 Å². The SMILES string of the molecule is CC(C(=O)O)C1CC1.CC(C)(OC(=O)Nc1ccc2c(c1)NCCO2)C(F)(F)F. The summed E-state index contributed by atoms with van der Waals surface area (Å²) in [5, 5.41) is 13.7. The quantitative estimate of drug-likeness (QED) is 0.666. The summed E-state index contributed by atoms with van der Waals surface area (Å²) in [6.07, 6.45) is -3.58. The molecular formula is C19H25F3N2O5. The molecule has 1 heterocycles. The van der Waals surface area contributed by atoms with Gasteiger partial charge in [0.15, 0.2) is 0 Å². The number of carboxylic acid groups (broad SMARTS) is 1. The molecule has 162 valence electrons. The fourth-order valence-electron chi connectivity index (χ4n) is 2.45. The summed E-state index contributed by atoms with van der Waals surface area (Å²) in [6.45, 7) is 4.49. The third kappa shape index (κ3) is 6.43. The second kappa shape index (κ2) is 8.79. The number of amides is 1. The number of aliphatic carboxylic acids is 1. The monoisotopic (exact) mass is 418 g/mol. The second-order valence-electron chi connectivity index (χ2n) is 7.47. The van der Waals surface area contributed by atoms with Gasteiger partial charge >= 0.3 is 18.2 Å². The number of halogens is 3. The van der Waals surface area contributed by atoms with Gasteiger partial charge in [-0.2, -0.15) is 13.2 Å². The number of benzene rings is 1. The number of fused-ring (bicyclic) bond motifs is 1. The van der Waals surface area contributed by atoms with Gasteiger partial charge in [-0.3, -0.25) is 10.1 Å². The number of ether oxygens (including phenoxy) is 2. The molecule has 1 aromatic carbocycles. The molecule has 3 N–H and O–H groups in total. The van der Waals surface area contributed by atoms with Gasteiger partial charge in [0.1, 0.15) is 12.4 Å². The molecule has 1 amide bonds. The molecule has 0 saturated heterocycles. The van der Waals surface area contributed by atoms with Crippen LogP contribution in [0.3, 0.4) is 0 Å². The zero-order chi connectivity index (χ0) is 21.8. The Kier molecular flexibility index (Phi) is 6.86. The minimum absolute atomic E-state index is 0.102. The summed E-state index contributed by atoms with van der Waals surface area (Å²) in [7, 11) is 0. The molecule has 1 saturated carbocycles. The van der Waals surface area contributed by atoms with Crippen LogP contribution >= 0.6 is 0 Å². The highest BCUT2D eigenvalue weighted by atomic mass is 19.4. The van der Waals surface area contributed by atoms with Crippen molar-refractivity contribution in [1.82, 2.24) is 0 Å². The van der Waals surface area contributed by atoms with Gasteiger partial charge in [-0.15, -0.1) is 0 Å². The van der Waals surface area contributed by atoms with Crippen LogP contribution in [0, 0.1) is 11.8 Å². The van der Waals surface area contributed by atoms with Crippen molar-refractivity contribution < 1.29 is 37.3 Å². The van der Waals surface area contributed by atoms with Crippen LogP contribution in [0.4, 0.5) is 29.3 Å². The lowest BCUT2D eigenvalue weighted by Gasteiger charge is -2.27. The summed E-state index contributed by atoms with van der Waals surface area (Å²) < 4.78 is 47.7. The van der Waals surface area contributed by atoms with Gasteiger partial charge in [0, 0.05) is 12.2 Å². The van der Waals surface area contributed by atoms with Crippen LogP contribution in [0.5, 0.6) is 5.75 Å². The van der Waals surface area contributed by atoms with Crippen LogP contribution in [-0.2, 0) is 9.53 Å². The van der Waals surface area contributed by atoms with Gasteiger partial charge < -0.3 is 19.9 Å². The van der Waals surface area contributed by atoms with Crippen molar-refractivity contribution in [3.63, 3.8) is 0 Å². The first-order valence-corrected chi connectivity index (χ1v) is 9.21. The van der Waals surface area contributed by atoms with Gasteiger partial charge in [-0.05, 0) is 50.8 Å². The van der Waals surface area contributed by atoms with E-state index in [4.69, 9.17) is 9.84 Å². The summed E-state index contributed by atoms with van der Waals surface area (Å²) >= 11 is 0. The van der Waals surface area contributed by atoms with Gasteiger partial charge in [-0.1, -0.05) is 6.92 Å². The molecule has 0 aromatic heterocycles. The summed E-state index contributed by atoms with van der Waals surface area (Å²) in [4.78, 5) is 21.7. The van der Waals surface area contributed by atoms with Crippen LogP contribution in [0.15, 0.2) is 18.2 Å². The Balaban J connectivity index is 0.000000313. The van der Waals surface area contributed by atoms with Crippen LogP contribution in [0.2, 0.25) is 0 Å². The fourth-order valence-corrected chi connectivity index (χ4v) is 2.45. The van der Waals surface area contributed by atoms with Crippen LogP contribution in [0.25, 0.3) is 0 Å². The average Bonchev–Trinajstić information content (AvgIpc) is 3.45. The third-order valence-corrected chi connectivity index (χ3v) is 4.65. The zero-order valence-electron chi connectivity index (χ0n) is 16.4. The maximum atomic E-state index is 12.6. The van der Waals surface area contributed by atoms with Crippen molar-refractivity contribution in [1.29, 1.82) is 0 Å². The number of carbonyl (C=O) groups is 2. The van der Waals surface area contributed by atoms with E-state index in [-0.39, 0.29) is 5.92 Å². The summed E-state index contributed by atoms with van der Waals surface area (Å²) in [5.41, 5.74) is -1.59. The molecule has 29 heavy (non-hydrogen) atoms. The van der Waals surface area contributed by atoms with Crippen LogP contribution in [0.1, 0.15) is 33.6 Å². The number of hydrogen-bond donors (Lipinski definition) is 3. The topological polar surface area (TPSA) is 96.9 Å². The minimum atomic E-state index is -4.64. The minimum Gasteiger partial charge on any atom is -0.490 e. The lowest BCUT2D eigenvalue weighted by molar-refractivity contribution is -0.242. The van der Waals surface area contributed by atoms with E-state index in [9.17, 15) is 22.8 Å². The van der Waals surface area contributed by atoms with Crippen molar-refractivity contribution in [3.05, 3.63) is 18.2 Å². The van der Waals surface area contributed by atoms with E-state index in [0.717, 1.165) is 26.7 Å². The molecule has 10 heteroatoms.